The van der Waals surface area contributed by atoms with Gasteiger partial charge in [-0.1, -0.05) is 12.1 Å². The van der Waals surface area contributed by atoms with E-state index < -0.39 is 0 Å². The van der Waals surface area contributed by atoms with Crippen LogP contribution >= 0.6 is 0 Å². The molecule has 162 valence electrons. The molecule has 0 radical (unpaired) electrons. The molecule has 5 nitrogen and oxygen atoms in total. The second-order valence-corrected chi connectivity index (χ2v) is 8.38. The molecule has 30 heavy (non-hydrogen) atoms. The van der Waals surface area contributed by atoms with Crippen LogP contribution in [-0.4, -0.2) is 54.8 Å². The number of nitrogens with one attached hydrogen (secondary N) is 1. The summed E-state index contributed by atoms with van der Waals surface area (Å²) >= 11 is 0. The van der Waals surface area contributed by atoms with E-state index in [1.165, 1.54) is 29.8 Å². The van der Waals surface area contributed by atoms with Gasteiger partial charge in [-0.2, -0.15) is 0 Å². The fourth-order valence-corrected chi connectivity index (χ4v) is 4.72. The molecule has 0 saturated carbocycles. The predicted octanol–water partition coefficient (Wildman–Crippen LogP) is 3.31. The summed E-state index contributed by atoms with van der Waals surface area (Å²) < 4.78 is 20.9. The molecule has 1 aliphatic heterocycles. The molecule has 1 aliphatic carbocycles. The van der Waals surface area contributed by atoms with Crippen LogP contribution in [0.3, 0.4) is 0 Å². The highest BCUT2D eigenvalue weighted by Gasteiger charge is 2.26. The second-order valence-electron chi connectivity index (χ2n) is 8.38. The number of amides is 1. The molecule has 1 aromatic heterocycles. The quantitative estimate of drug-likeness (QED) is 0.709. The molecule has 0 bridgehead atoms. The highest BCUT2D eigenvalue weighted by atomic mass is 19.1. The van der Waals surface area contributed by atoms with Gasteiger partial charge < -0.3 is 14.6 Å². The summed E-state index contributed by atoms with van der Waals surface area (Å²) in [5.74, 6) is -0.228. The highest BCUT2D eigenvalue weighted by molar-refractivity contribution is 5.95. The van der Waals surface area contributed by atoms with Crippen LogP contribution in [0.2, 0.25) is 0 Å². The number of hydrogen-bond donors (Lipinski definition) is 1. The van der Waals surface area contributed by atoms with Gasteiger partial charge in [0.1, 0.15) is 11.5 Å². The molecular formula is C24H32FN3O2. The Morgan fingerprint density at radius 2 is 1.87 bits per heavy atom. The molecule has 0 unspecified atom stereocenters. The molecule has 2 aromatic rings. The van der Waals surface area contributed by atoms with Crippen LogP contribution in [0.15, 0.2) is 24.3 Å². The molecular weight excluding hydrogens is 381 g/mol. The lowest BCUT2D eigenvalue weighted by molar-refractivity contribution is 0.0374. The van der Waals surface area contributed by atoms with Crippen LogP contribution in [0, 0.1) is 12.7 Å². The fourth-order valence-electron chi connectivity index (χ4n) is 4.72. The minimum Gasteiger partial charge on any atom is -0.379 e. The van der Waals surface area contributed by atoms with E-state index >= 15 is 0 Å². The average Bonchev–Trinajstić information content (AvgIpc) is 3.05. The van der Waals surface area contributed by atoms with Gasteiger partial charge >= 0.3 is 0 Å². The lowest BCUT2D eigenvalue weighted by atomic mass is 9.95. The summed E-state index contributed by atoms with van der Waals surface area (Å²) in [6.45, 7) is 7.88. The van der Waals surface area contributed by atoms with Gasteiger partial charge in [0.25, 0.3) is 5.91 Å². The van der Waals surface area contributed by atoms with E-state index in [9.17, 15) is 9.18 Å². The summed E-state index contributed by atoms with van der Waals surface area (Å²) in [7, 11) is 0. The Labute approximate surface area is 178 Å². The summed E-state index contributed by atoms with van der Waals surface area (Å²) in [5.41, 5.74) is 5.51. The minimum atomic E-state index is -0.234. The Balaban J connectivity index is 1.47. The molecule has 1 aromatic carbocycles. The van der Waals surface area contributed by atoms with E-state index in [1.54, 1.807) is 0 Å². The number of nitrogens with zero attached hydrogens (tertiary/aromatic N) is 2. The molecule has 1 fully saturated rings. The molecule has 4 rings (SSSR count). The first-order chi connectivity index (χ1) is 14.6. The van der Waals surface area contributed by atoms with Crippen molar-refractivity contribution in [1.82, 2.24) is 14.8 Å². The van der Waals surface area contributed by atoms with Gasteiger partial charge in [0.05, 0.1) is 13.2 Å². The highest BCUT2D eigenvalue weighted by Crippen LogP contribution is 2.30. The van der Waals surface area contributed by atoms with Crippen molar-refractivity contribution in [2.45, 2.75) is 45.6 Å². The summed E-state index contributed by atoms with van der Waals surface area (Å²) in [5, 5.41) is 3.15. The molecule has 1 N–H and O–H groups in total. The van der Waals surface area contributed by atoms with Crippen molar-refractivity contribution < 1.29 is 13.9 Å². The first kappa shape index (κ1) is 21.1. The van der Waals surface area contributed by atoms with Crippen molar-refractivity contribution in [2.75, 3.05) is 39.4 Å². The number of ether oxygens (including phenoxy) is 1. The van der Waals surface area contributed by atoms with Gasteiger partial charge in [0, 0.05) is 31.9 Å². The maximum atomic E-state index is 13.3. The topological polar surface area (TPSA) is 46.5 Å². The number of benzene rings is 1. The zero-order chi connectivity index (χ0) is 20.9. The smallest absolute Gasteiger partial charge is 0.268 e. The zero-order valence-electron chi connectivity index (χ0n) is 17.9. The number of carbonyl (C=O) groups is 1. The molecule has 6 heteroatoms. The summed E-state index contributed by atoms with van der Waals surface area (Å²) in [6.07, 6.45) is 5.30. The Hall–Kier alpha value is -2.18. The molecule has 1 saturated heterocycles. The standard InChI is InChI=1S/C24H32FN3O2/c1-18-21-5-2-3-6-22(21)28(17-19-7-9-20(25)10-8-19)23(18)24(29)26-11-4-12-27-13-15-30-16-14-27/h7-10H,2-6,11-17H2,1H3,(H,26,29). The predicted molar refractivity (Wildman–Crippen MR) is 116 cm³/mol. The molecule has 0 spiro atoms. The maximum Gasteiger partial charge on any atom is 0.268 e. The van der Waals surface area contributed by atoms with E-state index in [2.05, 4.69) is 21.7 Å². The number of aromatic nitrogens is 1. The van der Waals surface area contributed by atoms with E-state index in [4.69, 9.17) is 4.74 Å². The zero-order valence-corrected chi connectivity index (χ0v) is 17.9. The van der Waals surface area contributed by atoms with Gasteiger partial charge in [-0.15, -0.1) is 0 Å². The van der Waals surface area contributed by atoms with E-state index in [0.717, 1.165) is 75.4 Å². The first-order valence-corrected chi connectivity index (χ1v) is 11.2. The van der Waals surface area contributed by atoms with E-state index in [-0.39, 0.29) is 11.7 Å². The lowest BCUT2D eigenvalue weighted by Gasteiger charge is -2.26. The van der Waals surface area contributed by atoms with Crippen LogP contribution in [-0.2, 0) is 24.1 Å². The third kappa shape index (κ3) is 4.76. The normalized spacial score (nSPS) is 17.0. The molecule has 2 aliphatic rings. The van der Waals surface area contributed by atoms with Crippen LogP contribution < -0.4 is 5.32 Å². The maximum absolute atomic E-state index is 13.3. The lowest BCUT2D eigenvalue weighted by Crippen LogP contribution is -2.38. The van der Waals surface area contributed by atoms with Crippen molar-refractivity contribution in [3.63, 3.8) is 0 Å². The van der Waals surface area contributed by atoms with Crippen LogP contribution in [0.5, 0.6) is 0 Å². The number of halogens is 1. The number of morpholine rings is 1. The Morgan fingerprint density at radius 1 is 1.13 bits per heavy atom. The Morgan fingerprint density at radius 3 is 2.63 bits per heavy atom. The van der Waals surface area contributed by atoms with Gasteiger partial charge in [0.2, 0.25) is 0 Å². The van der Waals surface area contributed by atoms with Crippen molar-refractivity contribution in [3.8, 4) is 0 Å². The SMILES string of the molecule is Cc1c2c(n(Cc3ccc(F)cc3)c1C(=O)NCCCN1CCOCC1)CCCC2. The van der Waals surface area contributed by atoms with E-state index in [1.807, 2.05) is 12.1 Å². The number of hydrogen-bond acceptors (Lipinski definition) is 3. The third-order valence-electron chi connectivity index (χ3n) is 6.35. The second kappa shape index (κ2) is 9.75. The fraction of sp³-hybridized carbons (Fsp3) is 0.542. The minimum absolute atomic E-state index is 0.00555. The van der Waals surface area contributed by atoms with Gasteiger partial charge in [-0.25, -0.2) is 4.39 Å². The van der Waals surface area contributed by atoms with Gasteiger partial charge in [-0.3, -0.25) is 9.69 Å². The molecule has 2 heterocycles. The van der Waals surface area contributed by atoms with E-state index in [0.29, 0.717) is 13.1 Å². The Bertz CT molecular complexity index is 870. The summed E-state index contributed by atoms with van der Waals surface area (Å²) in [4.78, 5) is 15.6. The monoisotopic (exact) mass is 413 g/mol. The van der Waals surface area contributed by atoms with Crippen molar-refractivity contribution in [1.29, 1.82) is 0 Å². The molecule has 0 atom stereocenters. The summed E-state index contributed by atoms with van der Waals surface area (Å²) in [6, 6.07) is 6.60. The third-order valence-corrected chi connectivity index (χ3v) is 6.35. The largest absolute Gasteiger partial charge is 0.379 e. The van der Waals surface area contributed by atoms with Gasteiger partial charge in [0.15, 0.2) is 0 Å². The first-order valence-electron chi connectivity index (χ1n) is 11.2. The number of rotatable bonds is 7. The number of carbonyl (C=O) groups excluding carboxylic acids is 1. The Kier molecular flexibility index (Phi) is 6.85. The van der Waals surface area contributed by atoms with Crippen molar-refractivity contribution >= 4 is 5.91 Å². The van der Waals surface area contributed by atoms with Crippen LogP contribution in [0.25, 0.3) is 0 Å². The average molecular weight is 414 g/mol. The molecule has 1 amide bonds. The van der Waals surface area contributed by atoms with Crippen molar-refractivity contribution in [2.24, 2.45) is 0 Å². The van der Waals surface area contributed by atoms with Crippen molar-refractivity contribution in [3.05, 3.63) is 58.2 Å². The number of fused-ring (bicyclic) bond motifs is 1. The van der Waals surface area contributed by atoms with Gasteiger partial charge in [-0.05, 0) is 74.4 Å². The van der Waals surface area contributed by atoms with Crippen LogP contribution in [0.4, 0.5) is 4.39 Å². The van der Waals surface area contributed by atoms with Crippen LogP contribution in [0.1, 0.15) is 52.1 Å².